The van der Waals surface area contributed by atoms with Crippen LogP contribution in [-0.4, -0.2) is 40.4 Å². The lowest BCUT2D eigenvalue weighted by atomic mass is 10.1. The molecule has 1 unspecified atom stereocenters. The first-order chi connectivity index (χ1) is 12.6. The van der Waals surface area contributed by atoms with Crippen LogP contribution in [0, 0.1) is 6.92 Å². The summed E-state index contributed by atoms with van der Waals surface area (Å²) in [5.41, 5.74) is 8.35. The van der Waals surface area contributed by atoms with Gasteiger partial charge in [-0.05, 0) is 31.4 Å². The smallest absolute Gasteiger partial charge is 0.227 e. The number of aryl methyl sites for hydroxylation is 2. The third kappa shape index (κ3) is 4.11. The van der Waals surface area contributed by atoms with E-state index in [0.29, 0.717) is 6.54 Å². The van der Waals surface area contributed by atoms with Gasteiger partial charge < -0.3 is 20.4 Å². The van der Waals surface area contributed by atoms with E-state index < -0.39 is 0 Å². The van der Waals surface area contributed by atoms with Crippen molar-refractivity contribution in [2.24, 2.45) is 5.73 Å². The second-order valence-corrected chi connectivity index (χ2v) is 6.78. The fourth-order valence-corrected chi connectivity index (χ4v) is 3.27. The zero-order valence-electron chi connectivity index (χ0n) is 15.5. The predicted octanol–water partition coefficient (Wildman–Crippen LogP) is 2.28. The first-order valence-electron chi connectivity index (χ1n) is 9.18. The van der Waals surface area contributed by atoms with Crippen molar-refractivity contribution in [3.63, 3.8) is 0 Å². The van der Waals surface area contributed by atoms with E-state index >= 15 is 0 Å². The number of nitrogens with zero attached hydrogens (tertiary/aromatic N) is 3. The Labute approximate surface area is 153 Å². The normalized spacial score (nSPS) is 15.2. The summed E-state index contributed by atoms with van der Waals surface area (Å²) in [6, 6.07) is 6.00. The van der Waals surface area contributed by atoms with Crippen LogP contribution in [0.1, 0.15) is 37.1 Å². The standard InChI is InChI=1S/C19H27N5O2/c1-13-7-8-14(10-16(13)21-18(25)11-15(12-20)26-2)19-23-22-17-6-4-3-5-9-24(17)19/h7-8,10,15H,3-6,9,11-12,20H2,1-2H3,(H,21,25). The van der Waals surface area contributed by atoms with Gasteiger partial charge in [0.15, 0.2) is 5.82 Å². The van der Waals surface area contributed by atoms with Gasteiger partial charge in [0, 0.05) is 37.9 Å². The molecule has 3 rings (SSSR count). The third-order valence-electron chi connectivity index (χ3n) is 4.89. The molecule has 1 aromatic carbocycles. The summed E-state index contributed by atoms with van der Waals surface area (Å²) in [4.78, 5) is 12.3. The van der Waals surface area contributed by atoms with Crippen LogP contribution < -0.4 is 11.1 Å². The van der Waals surface area contributed by atoms with Crippen LogP contribution in [-0.2, 0) is 22.5 Å². The molecule has 1 atom stereocenters. The highest BCUT2D eigenvalue weighted by atomic mass is 16.5. The van der Waals surface area contributed by atoms with E-state index in [1.54, 1.807) is 7.11 Å². The Morgan fingerprint density at radius 2 is 2.19 bits per heavy atom. The average Bonchev–Trinajstić information content (AvgIpc) is 2.90. The Kier molecular flexibility index (Phi) is 6.00. The highest BCUT2D eigenvalue weighted by Gasteiger charge is 2.17. The van der Waals surface area contributed by atoms with Crippen molar-refractivity contribution in [1.29, 1.82) is 0 Å². The van der Waals surface area contributed by atoms with Crippen molar-refractivity contribution in [3.8, 4) is 11.4 Å². The van der Waals surface area contributed by atoms with Crippen LogP contribution in [0.2, 0.25) is 0 Å². The Hall–Kier alpha value is -2.25. The van der Waals surface area contributed by atoms with Crippen LogP contribution in [0.4, 0.5) is 5.69 Å². The van der Waals surface area contributed by atoms with Crippen LogP contribution >= 0.6 is 0 Å². The van der Waals surface area contributed by atoms with Gasteiger partial charge in [0.05, 0.1) is 12.5 Å². The minimum absolute atomic E-state index is 0.109. The van der Waals surface area contributed by atoms with Gasteiger partial charge in [0.25, 0.3) is 0 Å². The van der Waals surface area contributed by atoms with Gasteiger partial charge in [-0.25, -0.2) is 0 Å². The molecule has 1 amide bonds. The van der Waals surface area contributed by atoms with E-state index in [4.69, 9.17) is 10.5 Å². The molecular formula is C19H27N5O2. The maximum Gasteiger partial charge on any atom is 0.227 e. The number of benzene rings is 1. The summed E-state index contributed by atoms with van der Waals surface area (Å²) in [5, 5.41) is 11.7. The average molecular weight is 357 g/mol. The molecular weight excluding hydrogens is 330 g/mol. The zero-order chi connectivity index (χ0) is 18.5. The summed E-state index contributed by atoms with van der Waals surface area (Å²) in [6.45, 7) is 3.23. The van der Waals surface area contributed by atoms with E-state index in [9.17, 15) is 4.79 Å². The number of ether oxygens (including phenoxy) is 1. The lowest BCUT2D eigenvalue weighted by Crippen LogP contribution is -2.28. The maximum atomic E-state index is 12.3. The van der Waals surface area contributed by atoms with Gasteiger partial charge in [-0.3, -0.25) is 4.79 Å². The van der Waals surface area contributed by atoms with Crippen molar-refractivity contribution >= 4 is 11.6 Å². The number of carbonyl (C=O) groups is 1. The topological polar surface area (TPSA) is 95.1 Å². The molecule has 0 saturated carbocycles. The number of carbonyl (C=O) groups excluding carboxylic acids is 1. The SMILES string of the molecule is COC(CN)CC(=O)Nc1cc(-c2nnc3n2CCCCC3)ccc1C. The second-order valence-electron chi connectivity index (χ2n) is 6.78. The van der Waals surface area contributed by atoms with E-state index in [1.165, 1.54) is 6.42 Å². The van der Waals surface area contributed by atoms with Gasteiger partial charge in [-0.1, -0.05) is 18.6 Å². The van der Waals surface area contributed by atoms with E-state index in [0.717, 1.165) is 54.3 Å². The number of fused-ring (bicyclic) bond motifs is 1. The van der Waals surface area contributed by atoms with E-state index in [2.05, 4.69) is 20.1 Å². The molecule has 0 radical (unpaired) electrons. The fraction of sp³-hybridized carbons (Fsp3) is 0.526. The zero-order valence-corrected chi connectivity index (χ0v) is 15.5. The summed E-state index contributed by atoms with van der Waals surface area (Å²) < 4.78 is 7.39. The third-order valence-corrected chi connectivity index (χ3v) is 4.89. The number of anilines is 1. The van der Waals surface area contributed by atoms with Gasteiger partial charge in [-0.15, -0.1) is 10.2 Å². The number of methoxy groups -OCH3 is 1. The minimum atomic E-state index is -0.272. The predicted molar refractivity (Wildman–Crippen MR) is 101 cm³/mol. The van der Waals surface area contributed by atoms with Gasteiger partial charge in [0.2, 0.25) is 5.91 Å². The Bertz CT molecular complexity index is 767. The molecule has 0 fully saturated rings. The molecule has 1 aliphatic heterocycles. The van der Waals surface area contributed by atoms with Crippen LogP contribution in [0.3, 0.4) is 0 Å². The van der Waals surface area contributed by atoms with Crippen LogP contribution in [0.15, 0.2) is 18.2 Å². The molecule has 2 aromatic rings. The minimum Gasteiger partial charge on any atom is -0.380 e. The number of hydrogen-bond acceptors (Lipinski definition) is 5. The largest absolute Gasteiger partial charge is 0.380 e. The first kappa shape index (κ1) is 18.5. The number of aromatic nitrogens is 3. The number of amides is 1. The maximum absolute atomic E-state index is 12.3. The van der Waals surface area contributed by atoms with Gasteiger partial charge in [0.1, 0.15) is 5.82 Å². The second kappa shape index (κ2) is 8.42. The summed E-state index contributed by atoms with van der Waals surface area (Å²) in [7, 11) is 1.56. The monoisotopic (exact) mass is 357 g/mol. The molecule has 0 saturated heterocycles. The van der Waals surface area contributed by atoms with Crippen LogP contribution in [0.25, 0.3) is 11.4 Å². The number of nitrogens with one attached hydrogen (secondary N) is 1. The molecule has 140 valence electrons. The number of hydrogen-bond donors (Lipinski definition) is 2. The molecule has 7 nitrogen and oxygen atoms in total. The van der Waals surface area contributed by atoms with E-state index in [1.807, 2.05) is 25.1 Å². The Morgan fingerprint density at radius 1 is 1.35 bits per heavy atom. The van der Waals surface area contributed by atoms with Crippen molar-refractivity contribution in [2.45, 2.75) is 51.7 Å². The van der Waals surface area contributed by atoms with Gasteiger partial charge in [-0.2, -0.15) is 0 Å². The lowest BCUT2D eigenvalue weighted by molar-refractivity contribution is -0.118. The summed E-state index contributed by atoms with van der Waals surface area (Å²) in [5.74, 6) is 1.81. The lowest BCUT2D eigenvalue weighted by Gasteiger charge is -2.15. The van der Waals surface area contributed by atoms with Crippen molar-refractivity contribution in [3.05, 3.63) is 29.6 Å². The molecule has 0 aliphatic carbocycles. The summed E-state index contributed by atoms with van der Waals surface area (Å²) >= 11 is 0. The number of nitrogens with two attached hydrogens (primary N) is 1. The molecule has 1 aliphatic rings. The Morgan fingerprint density at radius 3 is 2.96 bits per heavy atom. The van der Waals surface area contributed by atoms with Crippen LogP contribution in [0.5, 0.6) is 0 Å². The van der Waals surface area contributed by atoms with E-state index in [-0.39, 0.29) is 18.4 Å². The molecule has 7 heteroatoms. The quantitative estimate of drug-likeness (QED) is 0.827. The molecule has 26 heavy (non-hydrogen) atoms. The number of rotatable bonds is 6. The highest BCUT2D eigenvalue weighted by Crippen LogP contribution is 2.27. The first-order valence-corrected chi connectivity index (χ1v) is 9.18. The Balaban J connectivity index is 1.82. The fourth-order valence-electron chi connectivity index (χ4n) is 3.27. The van der Waals surface area contributed by atoms with Gasteiger partial charge >= 0.3 is 0 Å². The van der Waals surface area contributed by atoms with Crippen molar-refractivity contribution in [2.75, 3.05) is 19.0 Å². The molecule has 0 bridgehead atoms. The molecule has 2 heterocycles. The van der Waals surface area contributed by atoms with Crippen molar-refractivity contribution < 1.29 is 9.53 Å². The molecule has 1 aromatic heterocycles. The highest BCUT2D eigenvalue weighted by molar-refractivity contribution is 5.92. The van der Waals surface area contributed by atoms with Crippen molar-refractivity contribution in [1.82, 2.24) is 14.8 Å². The molecule has 3 N–H and O–H groups in total. The molecule has 0 spiro atoms. The summed E-state index contributed by atoms with van der Waals surface area (Å²) in [6.07, 6.45) is 4.46.